The van der Waals surface area contributed by atoms with Crippen molar-refractivity contribution in [2.24, 2.45) is 0 Å². The van der Waals surface area contributed by atoms with Gasteiger partial charge in [0.1, 0.15) is 0 Å². The molecule has 3 aromatic rings. The van der Waals surface area contributed by atoms with Crippen LogP contribution in [0.2, 0.25) is 0 Å². The molecule has 0 unspecified atom stereocenters. The number of para-hydroxylation sites is 2. The van der Waals surface area contributed by atoms with Crippen LogP contribution in [0.1, 0.15) is 12.8 Å². The minimum Gasteiger partial charge on any atom is -0.364 e. The second-order valence-corrected chi connectivity index (χ2v) is 9.02. The number of benzene rings is 2. The van der Waals surface area contributed by atoms with Gasteiger partial charge in [-0.2, -0.15) is 0 Å². The molecule has 1 aromatic heterocycles. The predicted molar refractivity (Wildman–Crippen MR) is 120 cm³/mol. The standard InChI is InChI=1S/C22H25N5O2S/c1-2-14-27-15-12-17(13-16-27)23-21-22(25-20-11-7-6-10-19(20)24-21)26-30(28,29)18-8-4-3-5-9-18/h2-11,17H,1,12-16H2,(H,23,24)(H,25,26). The molecule has 0 amide bonds. The Morgan fingerprint density at radius 2 is 1.57 bits per heavy atom. The van der Waals surface area contributed by atoms with Crippen LogP contribution in [0.3, 0.4) is 0 Å². The summed E-state index contributed by atoms with van der Waals surface area (Å²) in [6.07, 6.45) is 3.79. The van der Waals surface area contributed by atoms with E-state index in [1.54, 1.807) is 30.3 Å². The van der Waals surface area contributed by atoms with Gasteiger partial charge in [0.25, 0.3) is 10.0 Å². The van der Waals surface area contributed by atoms with Crippen LogP contribution in [-0.2, 0) is 10.0 Å². The van der Waals surface area contributed by atoms with E-state index >= 15 is 0 Å². The van der Waals surface area contributed by atoms with Crippen molar-refractivity contribution in [3.8, 4) is 0 Å². The Bertz CT molecular complexity index is 1130. The van der Waals surface area contributed by atoms with E-state index in [1.807, 2.05) is 30.3 Å². The lowest BCUT2D eigenvalue weighted by atomic mass is 10.1. The summed E-state index contributed by atoms with van der Waals surface area (Å²) in [6, 6.07) is 15.9. The third kappa shape index (κ3) is 4.60. The number of hydrogen-bond donors (Lipinski definition) is 2. The van der Waals surface area contributed by atoms with Crippen LogP contribution >= 0.6 is 0 Å². The maximum absolute atomic E-state index is 12.9. The highest BCUT2D eigenvalue weighted by Crippen LogP contribution is 2.26. The predicted octanol–water partition coefficient (Wildman–Crippen LogP) is 3.49. The van der Waals surface area contributed by atoms with Crippen molar-refractivity contribution in [1.82, 2.24) is 14.9 Å². The van der Waals surface area contributed by atoms with Crippen molar-refractivity contribution < 1.29 is 8.42 Å². The fourth-order valence-corrected chi connectivity index (χ4v) is 4.62. The van der Waals surface area contributed by atoms with Crippen molar-refractivity contribution in [2.75, 3.05) is 29.7 Å². The molecule has 0 atom stereocenters. The summed E-state index contributed by atoms with van der Waals surface area (Å²) in [6.45, 7) is 6.59. The van der Waals surface area contributed by atoms with Gasteiger partial charge >= 0.3 is 0 Å². The lowest BCUT2D eigenvalue weighted by Crippen LogP contribution is -2.39. The van der Waals surface area contributed by atoms with Crippen LogP contribution in [0.4, 0.5) is 11.6 Å². The molecule has 0 spiro atoms. The molecule has 0 radical (unpaired) electrons. The number of nitrogens with zero attached hydrogens (tertiary/aromatic N) is 3. The molecule has 4 rings (SSSR count). The van der Waals surface area contributed by atoms with Gasteiger partial charge in [0.2, 0.25) is 0 Å². The number of likely N-dealkylation sites (tertiary alicyclic amines) is 1. The normalized spacial score (nSPS) is 15.7. The van der Waals surface area contributed by atoms with Gasteiger partial charge in [-0.3, -0.25) is 9.62 Å². The first-order valence-electron chi connectivity index (χ1n) is 9.99. The Hall–Kier alpha value is -2.97. The topological polar surface area (TPSA) is 87.2 Å². The number of aromatic nitrogens is 2. The lowest BCUT2D eigenvalue weighted by Gasteiger charge is -2.32. The first kappa shape index (κ1) is 20.3. The molecular weight excluding hydrogens is 398 g/mol. The van der Waals surface area contributed by atoms with Crippen LogP contribution in [0.15, 0.2) is 72.1 Å². The molecule has 2 heterocycles. The zero-order valence-electron chi connectivity index (χ0n) is 16.7. The number of hydrogen-bond acceptors (Lipinski definition) is 6. The van der Waals surface area contributed by atoms with Gasteiger partial charge in [-0.25, -0.2) is 18.4 Å². The van der Waals surface area contributed by atoms with E-state index in [-0.39, 0.29) is 16.8 Å². The number of piperidine rings is 1. The quantitative estimate of drug-likeness (QED) is 0.566. The van der Waals surface area contributed by atoms with Crippen molar-refractivity contribution >= 4 is 32.7 Å². The van der Waals surface area contributed by atoms with Crippen molar-refractivity contribution in [3.05, 3.63) is 67.3 Å². The average Bonchev–Trinajstić information content (AvgIpc) is 2.76. The van der Waals surface area contributed by atoms with Crippen LogP contribution in [0.25, 0.3) is 11.0 Å². The monoisotopic (exact) mass is 423 g/mol. The van der Waals surface area contributed by atoms with Crippen molar-refractivity contribution in [1.29, 1.82) is 0 Å². The molecule has 156 valence electrons. The Morgan fingerprint density at radius 1 is 0.967 bits per heavy atom. The number of fused-ring (bicyclic) bond motifs is 1. The largest absolute Gasteiger partial charge is 0.364 e. The smallest absolute Gasteiger partial charge is 0.263 e. The Balaban J connectivity index is 1.62. The fourth-order valence-electron chi connectivity index (χ4n) is 3.59. The van der Waals surface area contributed by atoms with E-state index in [4.69, 9.17) is 0 Å². The van der Waals surface area contributed by atoms with Crippen LogP contribution in [0.5, 0.6) is 0 Å². The third-order valence-electron chi connectivity index (χ3n) is 5.17. The van der Waals surface area contributed by atoms with Gasteiger partial charge in [0.15, 0.2) is 11.6 Å². The SMILES string of the molecule is C=CCN1CCC(Nc2nc3ccccc3nc2NS(=O)(=O)c2ccccc2)CC1. The van der Waals surface area contributed by atoms with Crippen LogP contribution < -0.4 is 10.0 Å². The number of nitrogens with one attached hydrogen (secondary N) is 2. The van der Waals surface area contributed by atoms with Gasteiger partial charge in [-0.15, -0.1) is 6.58 Å². The molecule has 30 heavy (non-hydrogen) atoms. The van der Waals surface area contributed by atoms with Crippen LogP contribution in [0, 0.1) is 0 Å². The maximum Gasteiger partial charge on any atom is 0.263 e. The summed E-state index contributed by atoms with van der Waals surface area (Å²) in [4.78, 5) is 11.8. The van der Waals surface area contributed by atoms with Gasteiger partial charge in [-0.1, -0.05) is 36.4 Å². The van der Waals surface area contributed by atoms with Gasteiger partial charge in [0, 0.05) is 25.7 Å². The molecule has 1 aliphatic heterocycles. The van der Waals surface area contributed by atoms with E-state index in [1.165, 1.54) is 0 Å². The van der Waals surface area contributed by atoms with E-state index in [0.29, 0.717) is 16.9 Å². The first-order chi connectivity index (χ1) is 14.5. The molecule has 1 saturated heterocycles. The zero-order chi connectivity index (χ0) is 21.0. The highest BCUT2D eigenvalue weighted by molar-refractivity contribution is 7.92. The molecule has 0 aliphatic carbocycles. The average molecular weight is 424 g/mol. The Morgan fingerprint density at radius 3 is 2.20 bits per heavy atom. The highest BCUT2D eigenvalue weighted by atomic mass is 32.2. The van der Waals surface area contributed by atoms with Crippen LogP contribution in [-0.4, -0.2) is 49.0 Å². The summed E-state index contributed by atoms with van der Waals surface area (Å²) in [5.74, 6) is 0.668. The summed E-state index contributed by atoms with van der Waals surface area (Å²) in [7, 11) is -3.77. The molecule has 1 fully saturated rings. The second kappa shape index (κ2) is 8.81. The zero-order valence-corrected chi connectivity index (χ0v) is 17.5. The van der Waals surface area contributed by atoms with Gasteiger partial charge in [0.05, 0.1) is 15.9 Å². The molecule has 1 aliphatic rings. The van der Waals surface area contributed by atoms with E-state index in [0.717, 1.165) is 32.5 Å². The van der Waals surface area contributed by atoms with Gasteiger partial charge in [-0.05, 0) is 37.1 Å². The van der Waals surface area contributed by atoms with Gasteiger partial charge < -0.3 is 5.32 Å². The molecule has 2 N–H and O–H groups in total. The summed E-state index contributed by atoms with van der Waals surface area (Å²) >= 11 is 0. The van der Waals surface area contributed by atoms with E-state index in [9.17, 15) is 8.42 Å². The van der Waals surface area contributed by atoms with Crippen molar-refractivity contribution in [2.45, 2.75) is 23.8 Å². The molecule has 7 nitrogen and oxygen atoms in total. The molecule has 0 bridgehead atoms. The third-order valence-corrected chi connectivity index (χ3v) is 6.53. The number of sulfonamides is 1. The van der Waals surface area contributed by atoms with E-state index < -0.39 is 10.0 Å². The molecule has 2 aromatic carbocycles. The maximum atomic E-state index is 12.9. The minimum absolute atomic E-state index is 0.184. The Kier molecular flexibility index (Phi) is 5.96. The van der Waals surface area contributed by atoms with E-state index in [2.05, 4.69) is 31.5 Å². The minimum atomic E-state index is -3.77. The Labute approximate surface area is 176 Å². The first-order valence-corrected chi connectivity index (χ1v) is 11.5. The molecular formula is C22H25N5O2S. The molecule has 0 saturated carbocycles. The summed E-state index contributed by atoms with van der Waals surface area (Å²) in [5.41, 5.74) is 1.35. The number of rotatable bonds is 7. The summed E-state index contributed by atoms with van der Waals surface area (Å²) in [5, 5.41) is 3.43. The summed E-state index contributed by atoms with van der Waals surface area (Å²) < 4.78 is 28.4. The van der Waals surface area contributed by atoms with Crippen molar-refractivity contribution in [3.63, 3.8) is 0 Å². The number of anilines is 2. The highest BCUT2D eigenvalue weighted by Gasteiger charge is 2.23. The second-order valence-electron chi connectivity index (χ2n) is 7.34. The lowest BCUT2D eigenvalue weighted by molar-refractivity contribution is 0.240. The fraction of sp³-hybridized carbons (Fsp3) is 0.273. The molecule has 8 heteroatoms.